The first kappa shape index (κ1) is 12.9. The van der Waals surface area contributed by atoms with Crippen molar-refractivity contribution in [3.63, 3.8) is 0 Å². The molecule has 18 heavy (non-hydrogen) atoms. The fraction of sp³-hybridized carbons (Fsp3) is 1.00. The highest BCUT2D eigenvalue weighted by molar-refractivity contribution is 7.92. The Bertz CT molecular complexity index is 389. The Morgan fingerprint density at radius 2 is 1.50 bits per heavy atom. The highest BCUT2D eigenvalue weighted by Crippen LogP contribution is 2.45. The van der Waals surface area contributed by atoms with Crippen LogP contribution in [0.4, 0.5) is 0 Å². The van der Waals surface area contributed by atoms with E-state index in [0.29, 0.717) is 18.8 Å². The molecule has 2 unspecified atom stereocenters. The molecule has 1 aliphatic carbocycles. The summed E-state index contributed by atoms with van der Waals surface area (Å²) in [5.74, 6) is 0.636. The maximum absolute atomic E-state index is 12.2. The predicted molar refractivity (Wildman–Crippen MR) is 71.1 cm³/mol. The van der Waals surface area contributed by atoms with Crippen LogP contribution in [0.2, 0.25) is 0 Å². The van der Waals surface area contributed by atoms with Crippen LogP contribution in [0.3, 0.4) is 0 Å². The molecule has 0 spiro atoms. The van der Waals surface area contributed by atoms with E-state index >= 15 is 0 Å². The number of hydrogen-bond acceptors (Lipinski definition) is 3. The van der Waals surface area contributed by atoms with Crippen LogP contribution in [0.15, 0.2) is 0 Å². The van der Waals surface area contributed by atoms with Crippen LogP contribution in [-0.4, -0.2) is 29.6 Å². The van der Waals surface area contributed by atoms with Crippen molar-refractivity contribution in [2.45, 2.75) is 80.3 Å². The largest absolute Gasteiger partial charge is 0.390 e. The van der Waals surface area contributed by atoms with Crippen molar-refractivity contribution in [1.29, 1.82) is 0 Å². The lowest BCUT2D eigenvalue weighted by Gasteiger charge is -2.44. The van der Waals surface area contributed by atoms with Crippen molar-refractivity contribution >= 4 is 9.84 Å². The lowest BCUT2D eigenvalue weighted by atomic mass is 9.79. The van der Waals surface area contributed by atoms with Gasteiger partial charge in [-0.15, -0.1) is 0 Å². The second-order valence-corrected chi connectivity index (χ2v) is 9.26. The molecule has 2 heterocycles. The zero-order chi connectivity index (χ0) is 12.8. The molecule has 3 aliphatic rings. The number of sulfone groups is 1. The highest BCUT2D eigenvalue weighted by atomic mass is 32.2. The van der Waals surface area contributed by atoms with Crippen LogP contribution in [0.5, 0.6) is 0 Å². The molecule has 2 saturated heterocycles. The van der Waals surface area contributed by atoms with Crippen molar-refractivity contribution in [2.24, 2.45) is 5.92 Å². The van der Waals surface area contributed by atoms with Crippen molar-refractivity contribution in [2.75, 3.05) is 0 Å². The van der Waals surface area contributed by atoms with Crippen molar-refractivity contribution in [3.8, 4) is 0 Å². The lowest BCUT2D eigenvalue weighted by molar-refractivity contribution is -0.0117. The zero-order valence-electron chi connectivity index (χ0n) is 11.0. The first-order chi connectivity index (χ1) is 8.50. The molecule has 0 aromatic rings. The van der Waals surface area contributed by atoms with E-state index in [1.54, 1.807) is 0 Å². The van der Waals surface area contributed by atoms with Gasteiger partial charge in [-0.2, -0.15) is 0 Å². The molecule has 0 radical (unpaired) electrons. The normalized spacial score (nSPS) is 44.1. The van der Waals surface area contributed by atoms with E-state index in [1.807, 2.05) is 0 Å². The standard InChI is InChI=1S/C14H24O3S/c15-14(8-11-4-1-2-5-11)9-12-6-3-7-13(10-14)18(12,16)17/h11-13,15H,1-10H2. The Balaban J connectivity index is 1.75. The fourth-order valence-electron chi connectivity index (χ4n) is 4.46. The number of aliphatic hydroxyl groups is 1. The summed E-state index contributed by atoms with van der Waals surface area (Å²) in [6, 6.07) is 0. The van der Waals surface area contributed by atoms with Crippen LogP contribution in [0.1, 0.15) is 64.2 Å². The topological polar surface area (TPSA) is 54.4 Å². The van der Waals surface area contributed by atoms with E-state index in [4.69, 9.17) is 0 Å². The summed E-state index contributed by atoms with van der Waals surface area (Å²) in [4.78, 5) is 0. The van der Waals surface area contributed by atoms with Crippen molar-refractivity contribution in [1.82, 2.24) is 0 Å². The quantitative estimate of drug-likeness (QED) is 0.840. The van der Waals surface area contributed by atoms with E-state index in [-0.39, 0.29) is 10.5 Å². The van der Waals surface area contributed by atoms with E-state index in [2.05, 4.69) is 0 Å². The molecule has 3 nitrogen and oxygen atoms in total. The maximum atomic E-state index is 12.2. The van der Waals surface area contributed by atoms with Gasteiger partial charge < -0.3 is 5.11 Å². The lowest BCUT2D eigenvalue weighted by Crippen LogP contribution is -2.52. The Labute approximate surface area is 110 Å². The molecule has 2 atom stereocenters. The van der Waals surface area contributed by atoms with E-state index in [9.17, 15) is 13.5 Å². The van der Waals surface area contributed by atoms with Crippen LogP contribution in [0, 0.1) is 5.92 Å². The summed E-state index contributed by atoms with van der Waals surface area (Å²) in [5.41, 5.74) is -0.684. The monoisotopic (exact) mass is 272 g/mol. The third-order valence-electron chi connectivity index (χ3n) is 5.34. The van der Waals surface area contributed by atoms with Crippen LogP contribution < -0.4 is 0 Å². The Morgan fingerprint density at radius 1 is 0.944 bits per heavy atom. The van der Waals surface area contributed by atoms with Gasteiger partial charge in [0.1, 0.15) is 0 Å². The summed E-state index contributed by atoms with van der Waals surface area (Å²) in [6.07, 6.45) is 9.43. The molecule has 0 amide bonds. The molecule has 3 rings (SSSR count). The van der Waals surface area contributed by atoms with Gasteiger partial charge in [-0.25, -0.2) is 8.42 Å². The molecule has 2 aliphatic heterocycles. The number of hydrogen-bond donors (Lipinski definition) is 1. The molecule has 0 aromatic heterocycles. The van der Waals surface area contributed by atoms with Crippen LogP contribution in [0.25, 0.3) is 0 Å². The van der Waals surface area contributed by atoms with Gasteiger partial charge >= 0.3 is 0 Å². The van der Waals surface area contributed by atoms with Crippen LogP contribution in [-0.2, 0) is 9.84 Å². The molecular formula is C14H24O3S. The fourth-order valence-corrected chi connectivity index (χ4v) is 7.08. The summed E-state index contributed by atoms with van der Waals surface area (Å²) in [5, 5.41) is 10.3. The Morgan fingerprint density at radius 3 is 2.06 bits per heavy atom. The second kappa shape index (κ2) is 4.48. The van der Waals surface area contributed by atoms with Gasteiger partial charge in [0, 0.05) is 0 Å². The first-order valence-electron chi connectivity index (χ1n) is 7.45. The molecule has 104 valence electrons. The minimum atomic E-state index is -2.93. The molecule has 3 fully saturated rings. The molecular weight excluding hydrogens is 248 g/mol. The average molecular weight is 272 g/mol. The van der Waals surface area contributed by atoms with Gasteiger partial charge in [0.2, 0.25) is 0 Å². The zero-order valence-corrected chi connectivity index (χ0v) is 11.8. The summed E-state index contributed by atoms with van der Waals surface area (Å²) in [6.45, 7) is 0. The SMILES string of the molecule is O=S1(=O)C2CCCC1CC(O)(CC1CCCC1)C2. The Kier molecular flexibility index (Phi) is 3.22. The van der Waals surface area contributed by atoms with Gasteiger partial charge in [0.25, 0.3) is 0 Å². The first-order valence-corrected chi connectivity index (χ1v) is 9.06. The molecule has 1 saturated carbocycles. The van der Waals surface area contributed by atoms with Gasteiger partial charge in [-0.3, -0.25) is 0 Å². The summed E-state index contributed by atoms with van der Waals surface area (Å²) in [7, 11) is -2.93. The molecule has 4 heteroatoms. The second-order valence-electron chi connectivity index (χ2n) is 6.75. The van der Waals surface area contributed by atoms with E-state index < -0.39 is 15.4 Å². The smallest absolute Gasteiger partial charge is 0.156 e. The predicted octanol–water partition coefficient (Wildman–Crippen LogP) is 2.43. The maximum Gasteiger partial charge on any atom is 0.156 e. The Hall–Kier alpha value is -0.0900. The highest BCUT2D eigenvalue weighted by Gasteiger charge is 2.50. The summed E-state index contributed by atoms with van der Waals surface area (Å²) < 4.78 is 24.4. The minimum Gasteiger partial charge on any atom is -0.390 e. The number of fused-ring (bicyclic) bond motifs is 2. The molecule has 2 bridgehead atoms. The third kappa shape index (κ3) is 2.22. The molecule has 0 aromatic carbocycles. The third-order valence-corrected chi connectivity index (χ3v) is 8.00. The minimum absolute atomic E-state index is 0.253. The number of rotatable bonds is 2. The van der Waals surface area contributed by atoms with Gasteiger partial charge in [-0.1, -0.05) is 32.1 Å². The van der Waals surface area contributed by atoms with E-state index in [0.717, 1.165) is 25.7 Å². The molecule has 1 N–H and O–H groups in total. The van der Waals surface area contributed by atoms with Crippen molar-refractivity contribution in [3.05, 3.63) is 0 Å². The van der Waals surface area contributed by atoms with Gasteiger partial charge in [-0.05, 0) is 38.0 Å². The van der Waals surface area contributed by atoms with Crippen molar-refractivity contribution < 1.29 is 13.5 Å². The van der Waals surface area contributed by atoms with Gasteiger partial charge in [0.05, 0.1) is 16.1 Å². The average Bonchev–Trinajstić information content (AvgIpc) is 2.73. The van der Waals surface area contributed by atoms with Crippen LogP contribution >= 0.6 is 0 Å². The summed E-state index contributed by atoms with van der Waals surface area (Å²) >= 11 is 0. The van der Waals surface area contributed by atoms with E-state index in [1.165, 1.54) is 25.7 Å². The van der Waals surface area contributed by atoms with Gasteiger partial charge in [0.15, 0.2) is 9.84 Å².